The zero-order chi connectivity index (χ0) is 39.4. The molecule has 0 unspecified atom stereocenters. The third kappa shape index (κ3) is 19.0. The van der Waals surface area contributed by atoms with Crippen LogP contribution in [0, 0.1) is 5.92 Å². The zero-order valence-electron chi connectivity index (χ0n) is 29.6. The van der Waals surface area contributed by atoms with Gasteiger partial charge >= 0.3 is 11.9 Å². The van der Waals surface area contributed by atoms with Gasteiger partial charge in [0.1, 0.15) is 24.2 Å². The molecule has 0 aliphatic rings. The van der Waals surface area contributed by atoms with Gasteiger partial charge < -0.3 is 48.3 Å². The molecule has 288 valence electrons. The van der Waals surface area contributed by atoms with Crippen molar-refractivity contribution < 1.29 is 53.4 Å². The van der Waals surface area contributed by atoms with Gasteiger partial charge in [0.15, 0.2) is 0 Å². The lowest BCUT2D eigenvalue weighted by Gasteiger charge is -2.28. The standard InChI is InChI=1S/C34H51N7O11/c1-19(2)17-25(33(51)38-22(9-13-27(35)43)10-15-29(45)46)40-32(50)24(11-14-28(36)44)39-34(52)26(18-21-7-5-4-6-8-21)41-31(49)23(37-20(3)42)12-16-30(47)48/h4-8,19,22-26H,9-18H2,1-3H3,(H2,35,43)(H2,36,44)(H,37,42)(H,38,51)(H,39,52)(H,40,50)(H,41,49)(H,45,46)(H,47,48)/t22-,23-,24-,25-,26-/m0/s1. The van der Waals surface area contributed by atoms with E-state index in [4.69, 9.17) is 21.7 Å². The number of aliphatic carboxylic acids is 2. The van der Waals surface area contributed by atoms with E-state index < -0.39 is 89.9 Å². The molecule has 0 spiro atoms. The number of benzene rings is 1. The van der Waals surface area contributed by atoms with Crippen LogP contribution in [0.3, 0.4) is 0 Å². The fourth-order valence-corrected chi connectivity index (χ4v) is 5.12. The number of nitrogens with two attached hydrogens (primary N) is 2. The Kier molecular flexibility index (Phi) is 19.7. The van der Waals surface area contributed by atoms with Crippen molar-refractivity contribution in [1.29, 1.82) is 0 Å². The van der Waals surface area contributed by atoms with Crippen molar-refractivity contribution in [2.75, 3.05) is 0 Å². The van der Waals surface area contributed by atoms with Crippen molar-refractivity contribution >= 4 is 53.3 Å². The molecule has 0 bridgehead atoms. The van der Waals surface area contributed by atoms with Gasteiger partial charge in [-0.25, -0.2) is 0 Å². The Hall–Kier alpha value is -5.55. The molecule has 0 fully saturated rings. The number of amides is 7. The van der Waals surface area contributed by atoms with Gasteiger partial charge in [0.25, 0.3) is 0 Å². The van der Waals surface area contributed by atoms with Gasteiger partial charge in [-0.15, -0.1) is 0 Å². The fraction of sp³-hybridized carbons (Fsp3) is 0.559. The molecule has 5 atom stereocenters. The van der Waals surface area contributed by atoms with Crippen molar-refractivity contribution in [2.45, 2.75) is 115 Å². The van der Waals surface area contributed by atoms with Crippen LogP contribution in [0.25, 0.3) is 0 Å². The monoisotopic (exact) mass is 733 g/mol. The lowest BCUT2D eigenvalue weighted by atomic mass is 9.99. The highest BCUT2D eigenvalue weighted by Gasteiger charge is 2.32. The predicted molar refractivity (Wildman–Crippen MR) is 186 cm³/mol. The Morgan fingerprint density at radius 2 is 1.00 bits per heavy atom. The van der Waals surface area contributed by atoms with Crippen molar-refractivity contribution in [3.63, 3.8) is 0 Å². The number of carboxylic acid groups (broad SMARTS) is 2. The lowest BCUT2D eigenvalue weighted by molar-refractivity contribution is -0.138. The summed E-state index contributed by atoms with van der Waals surface area (Å²) in [7, 11) is 0. The number of carbonyl (C=O) groups is 9. The van der Waals surface area contributed by atoms with E-state index in [0.717, 1.165) is 6.92 Å². The van der Waals surface area contributed by atoms with Gasteiger partial charge in [-0.3, -0.25) is 43.2 Å². The largest absolute Gasteiger partial charge is 0.481 e. The molecule has 0 heterocycles. The van der Waals surface area contributed by atoms with Crippen LogP contribution in [0.5, 0.6) is 0 Å². The molecule has 0 aromatic heterocycles. The molecule has 1 aromatic carbocycles. The van der Waals surface area contributed by atoms with Crippen LogP contribution in [-0.4, -0.2) is 93.7 Å². The second kappa shape index (κ2) is 23.0. The Bertz CT molecular complexity index is 1400. The number of hydrogen-bond donors (Lipinski definition) is 9. The van der Waals surface area contributed by atoms with Crippen LogP contribution in [0.4, 0.5) is 0 Å². The summed E-state index contributed by atoms with van der Waals surface area (Å²) in [4.78, 5) is 111. The third-order valence-electron chi connectivity index (χ3n) is 7.70. The van der Waals surface area contributed by atoms with Crippen LogP contribution in [0.1, 0.15) is 84.1 Å². The average molecular weight is 734 g/mol. The highest BCUT2D eigenvalue weighted by Crippen LogP contribution is 2.12. The van der Waals surface area contributed by atoms with Crippen LogP contribution in [0.2, 0.25) is 0 Å². The van der Waals surface area contributed by atoms with Crippen LogP contribution < -0.4 is 38.1 Å². The predicted octanol–water partition coefficient (Wildman–Crippen LogP) is -1.02. The minimum atomic E-state index is -1.44. The van der Waals surface area contributed by atoms with Crippen LogP contribution >= 0.6 is 0 Å². The SMILES string of the molecule is CC(=O)N[C@@H](CCC(=O)O)C(=O)N[C@@H](Cc1ccccc1)C(=O)N[C@@H](CCC(N)=O)C(=O)N[C@@H](CC(C)C)C(=O)N[C@@H](CCC(N)=O)CCC(=O)O. The molecule has 1 aromatic rings. The number of carbonyl (C=O) groups excluding carboxylic acids is 7. The topological polar surface area (TPSA) is 306 Å². The fourth-order valence-electron chi connectivity index (χ4n) is 5.12. The minimum absolute atomic E-state index is 0.0123. The van der Waals surface area contributed by atoms with Crippen molar-refractivity contribution in [3.05, 3.63) is 35.9 Å². The molecule has 0 radical (unpaired) electrons. The van der Waals surface area contributed by atoms with E-state index in [0.29, 0.717) is 5.56 Å². The van der Waals surface area contributed by atoms with E-state index in [9.17, 15) is 43.2 Å². The maximum absolute atomic E-state index is 13.8. The molecule has 0 aliphatic heterocycles. The van der Waals surface area contributed by atoms with Gasteiger partial charge in [0.05, 0.1) is 0 Å². The first-order valence-electron chi connectivity index (χ1n) is 16.9. The second-order valence-corrected chi connectivity index (χ2v) is 12.8. The maximum Gasteiger partial charge on any atom is 0.303 e. The summed E-state index contributed by atoms with van der Waals surface area (Å²) in [6.07, 6.45) is -1.73. The molecule has 1 rings (SSSR count). The molecule has 52 heavy (non-hydrogen) atoms. The van der Waals surface area contributed by atoms with Gasteiger partial charge in [0, 0.05) is 45.1 Å². The summed E-state index contributed by atoms with van der Waals surface area (Å²) in [5.74, 6) is -7.78. The number of rotatable bonds is 25. The van der Waals surface area contributed by atoms with Crippen molar-refractivity contribution in [1.82, 2.24) is 26.6 Å². The van der Waals surface area contributed by atoms with Gasteiger partial charge in [-0.2, -0.15) is 0 Å². The normalized spacial score (nSPS) is 13.7. The van der Waals surface area contributed by atoms with E-state index in [1.165, 1.54) is 0 Å². The second-order valence-electron chi connectivity index (χ2n) is 12.8. The summed E-state index contributed by atoms with van der Waals surface area (Å²) < 4.78 is 0. The van der Waals surface area contributed by atoms with Crippen molar-refractivity contribution in [2.24, 2.45) is 17.4 Å². The summed E-state index contributed by atoms with van der Waals surface area (Å²) >= 11 is 0. The van der Waals surface area contributed by atoms with E-state index in [2.05, 4.69) is 26.6 Å². The smallest absolute Gasteiger partial charge is 0.303 e. The van der Waals surface area contributed by atoms with Crippen LogP contribution in [-0.2, 0) is 49.6 Å². The van der Waals surface area contributed by atoms with E-state index in [-0.39, 0.29) is 63.7 Å². The highest BCUT2D eigenvalue weighted by atomic mass is 16.4. The lowest BCUT2D eigenvalue weighted by Crippen LogP contribution is -2.59. The number of nitrogens with one attached hydrogen (secondary N) is 5. The first-order chi connectivity index (χ1) is 24.4. The quantitative estimate of drug-likeness (QED) is 0.0586. The number of carboxylic acids is 2. The van der Waals surface area contributed by atoms with E-state index in [1.807, 2.05) is 0 Å². The molecular formula is C34H51N7O11. The molecule has 11 N–H and O–H groups in total. The molecule has 0 saturated heterocycles. The summed E-state index contributed by atoms with van der Waals surface area (Å²) in [5.41, 5.74) is 11.2. The zero-order valence-corrected chi connectivity index (χ0v) is 29.6. The molecular weight excluding hydrogens is 682 g/mol. The molecule has 0 saturated carbocycles. The van der Waals surface area contributed by atoms with E-state index in [1.54, 1.807) is 44.2 Å². The number of primary amides is 2. The summed E-state index contributed by atoms with van der Waals surface area (Å²) in [6, 6.07) is 2.46. The van der Waals surface area contributed by atoms with E-state index >= 15 is 0 Å². The Balaban J connectivity index is 3.36. The highest BCUT2D eigenvalue weighted by molar-refractivity contribution is 5.96. The third-order valence-corrected chi connectivity index (χ3v) is 7.70. The average Bonchev–Trinajstić information content (AvgIpc) is 3.04. The number of hydrogen-bond acceptors (Lipinski definition) is 9. The van der Waals surface area contributed by atoms with Gasteiger partial charge in [0.2, 0.25) is 41.4 Å². The van der Waals surface area contributed by atoms with Gasteiger partial charge in [-0.1, -0.05) is 44.2 Å². The first-order valence-corrected chi connectivity index (χ1v) is 16.9. The summed E-state index contributed by atoms with van der Waals surface area (Å²) in [5, 5.41) is 30.9. The Morgan fingerprint density at radius 1 is 0.577 bits per heavy atom. The molecule has 18 nitrogen and oxygen atoms in total. The van der Waals surface area contributed by atoms with Crippen molar-refractivity contribution in [3.8, 4) is 0 Å². The Morgan fingerprint density at radius 3 is 1.52 bits per heavy atom. The van der Waals surface area contributed by atoms with Gasteiger partial charge in [-0.05, 0) is 43.6 Å². The minimum Gasteiger partial charge on any atom is -0.481 e. The first kappa shape index (κ1) is 44.5. The van der Waals surface area contributed by atoms with Crippen LogP contribution in [0.15, 0.2) is 30.3 Å². The molecule has 7 amide bonds. The maximum atomic E-state index is 13.8. The summed E-state index contributed by atoms with van der Waals surface area (Å²) in [6.45, 7) is 4.71. The molecule has 0 aliphatic carbocycles. The Labute approximate surface area is 301 Å². The molecule has 18 heteroatoms.